The third-order valence-electron chi connectivity index (χ3n) is 4.72. The molecule has 1 aromatic heterocycles. The van der Waals surface area contributed by atoms with Crippen LogP contribution in [0.2, 0.25) is 0 Å². The third-order valence-corrected chi connectivity index (χ3v) is 5.61. The van der Waals surface area contributed by atoms with Crippen molar-refractivity contribution in [1.29, 1.82) is 0 Å². The predicted molar refractivity (Wildman–Crippen MR) is 108 cm³/mol. The lowest BCUT2D eigenvalue weighted by molar-refractivity contribution is -0.121. The number of thiophene rings is 1. The molecule has 1 saturated heterocycles. The second-order valence-corrected chi connectivity index (χ2v) is 7.51. The Labute approximate surface area is 168 Å². The van der Waals surface area contributed by atoms with Crippen LogP contribution in [-0.4, -0.2) is 49.6 Å². The number of benzene rings is 1. The zero-order valence-corrected chi connectivity index (χ0v) is 16.5. The maximum absolute atomic E-state index is 13.5. The van der Waals surface area contributed by atoms with Crippen LogP contribution in [0.25, 0.3) is 5.57 Å². The van der Waals surface area contributed by atoms with Crippen LogP contribution in [-0.2, 0) is 14.3 Å². The van der Waals surface area contributed by atoms with Gasteiger partial charge in [0.05, 0.1) is 31.1 Å². The fourth-order valence-electron chi connectivity index (χ4n) is 3.44. The number of para-hydroxylation sites is 2. The van der Waals surface area contributed by atoms with E-state index < -0.39 is 0 Å². The maximum Gasteiger partial charge on any atom is 0.282 e. The molecule has 146 valence electrons. The highest BCUT2D eigenvalue weighted by atomic mass is 32.1. The van der Waals surface area contributed by atoms with Gasteiger partial charge in [0.25, 0.3) is 11.8 Å². The number of ether oxygens (including phenoxy) is 2. The Morgan fingerprint density at radius 1 is 1.07 bits per heavy atom. The molecule has 2 aliphatic rings. The summed E-state index contributed by atoms with van der Waals surface area (Å²) >= 11 is 1.46. The summed E-state index contributed by atoms with van der Waals surface area (Å²) in [5.74, 6) is -0.0656. The van der Waals surface area contributed by atoms with Crippen molar-refractivity contribution in [2.45, 2.75) is 13.3 Å². The van der Waals surface area contributed by atoms with Gasteiger partial charge in [-0.1, -0.05) is 25.1 Å². The number of amides is 2. The summed E-state index contributed by atoms with van der Waals surface area (Å²) in [5.41, 5.74) is 1.41. The largest absolute Gasteiger partial charge is 0.491 e. The van der Waals surface area contributed by atoms with Crippen LogP contribution >= 0.6 is 11.3 Å². The standard InChI is InChI=1S/C21H22N2O4S/c1-2-11-27-16-7-4-3-6-15(16)23-20(24)18(17-8-5-14-28-17)19(21(23)25)22-9-12-26-13-10-22/h3-8,14H,2,9-13H2,1H3. The van der Waals surface area contributed by atoms with Gasteiger partial charge in [0.1, 0.15) is 11.4 Å². The van der Waals surface area contributed by atoms with E-state index in [1.807, 2.05) is 41.5 Å². The van der Waals surface area contributed by atoms with Crippen LogP contribution in [0, 0.1) is 0 Å². The fourth-order valence-corrected chi connectivity index (χ4v) is 4.20. The van der Waals surface area contributed by atoms with Crippen molar-refractivity contribution in [3.63, 3.8) is 0 Å². The van der Waals surface area contributed by atoms with Crippen LogP contribution in [0.5, 0.6) is 5.75 Å². The van der Waals surface area contributed by atoms with Crippen molar-refractivity contribution >= 4 is 34.4 Å². The molecule has 0 N–H and O–H groups in total. The SMILES string of the molecule is CCCOc1ccccc1N1C(=O)C(c2cccs2)=C(N2CCOCC2)C1=O. The number of imide groups is 1. The van der Waals surface area contributed by atoms with Crippen LogP contribution in [0.15, 0.2) is 47.5 Å². The average molecular weight is 398 g/mol. The quantitative estimate of drug-likeness (QED) is 0.700. The first-order valence-corrected chi connectivity index (χ1v) is 10.3. The molecule has 28 heavy (non-hydrogen) atoms. The molecule has 1 fully saturated rings. The summed E-state index contributed by atoms with van der Waals surface area (Å²) in [6, 6.07) is 11.0. The molecule has 3 heterocycles. The highest BCUT2D eigenvalue weighted by molar-refractivity contribution is 7.11. The Morgan fingerprint density at radius 3 is 2.57 bits per heavy atom. The summed E-state index contributed by atoms with van der Waals surface area (Å²) in [4.78, 5) is 30.9. The monoisotopic (exact) mass is 398 g/mol. The fraction of sp³-hybridized carbons (Fsp3) is 0.333. The van der Waals surface area contributed by atoms with Gasteiger partial charge in [0, 0.05) is 18.0 Å². The van der Waals surface area contributed by atoms with Gasteiger partial charge in [-0.15, -0.1) is 11.3 Å². The van der Waals surface area contributed by atoms with Gasteiger partial charge in [-0.25, -0.2) is 4.90 Å². The van der Waals surface area contributed by atoms with Crippen molar-refractivity contribution in [2.24, 2.45) is 0 Å². The molecule has 7 heteroatoms. The van der Waals surface area contributed by atoms with Gasteiger partial charge in [0.2, 0.25) is 0 Å². The first-order valence-electron chi connectivity index (χ1n) is 9.43. The van der Waals surface area contributed by atoms with E-state index in [1.165, 1.54) is 16.2 Å². The minimum atomic E-state index is -0.304. The first-order chi connectivity index (χ1) is 13.7. The molecule has 0 spiro atoms. The maximum atomic E-state index is 13.5. The average Bonchev–Trinajstić information content (AvgIpc) is 3.33. The van der Waals surface area contributed by atoms with E-state index in [-0.39, 0.29) is 11.8 Å². The van der Waals surface area contributed by atoms with Crippen molar-refractivity contribution in [2.75, 3.05) is 37.8 Å². The molecule has 2 aliphatic heterocycles. The summed E-state index contributed by atoms with van der Waals surface area (Å²) < 4.78 is 11.2. The number of hydrogen-bond acceptors (Lipinski definition) is 6. The molecular weight excluding hydrogens is 376 g/mol. The Bertz CT molecular complexity index is 901. The van der Waals surface area contributed by atoms with Gasteiger partial charge in [0.15, 0.2) is 0 Å². The minimum absolute atomic E-state index is 0.303. The topological polar surface area (TPSA) is 59.1 Å². The van der Waals surface area contributed by atoms with E-state index in [0.29, 0.717) is 55.6 Å². The third kappa shape index (κ3) is 3.31. The Balaban J connectivity index is 1.77. The molecule has 0 atom stereocenters. The highest BCUT2D eigenvalue weighted by Crippen LogP contribution is 2.39. The second kappa shape index (κ2) is 8.16. The van der Waals surface area contributed by atoms with Crippen LogP contribution in [0.3, 0.4) is 0 Å². The summed E-state index contributed by atoms with van der Waals surface area (Å²) in [5, 5.41) is 1.91. The van der Waals surface area contributed by atoms with Gasteiger partial charge in [-0.3, -0.25) is 9.59 Å². The summed E-state index contributed by atoms with van der Waals surface area (Å²) in [7, 11) is 0. The molecular formula is C21H22N2O4S. The number of carbonyl (C=O) groups excluding carboxylic acids is 2. The molecule has 4 rings (SSSR count). The molecule has 1 aromatic carbocycles. The zero-order valence-electron chi connectivity index (χ0n) is 15.7. The lowest BCUT2D eigenvalue weighted by Crippen LogP contribution is -2.40. The number of morpholine rings is 1. The number of rotatable bonds is 6. The predicted octanol–water partition coefficient (Wildman–Crippen LogP) is 3.15. The van der Waals surface area contributed by atoms with Gasteiger partial charge in [-0.05, 0) is 30.0 Å². The van der Waals surface area contributed by atoms with Gasteiger partial charge >= 0.3 is 0 Å². The molecule has 0 bridgehead atoms. The molecule has 0 aliphatic carbocycles. The number of anilines is 1. The Morgan fingerprint density at radius 2 is 1.86 bits per heavy atom. The van der Waals surface area contributed by atoms with Crippen LogP contribution < -0.4 is 9.64 Å². The normalized spacial score (nSPS) is 17.6. The lowest BCUT2D eigenvalue weighted by atomic mass is 10.1. The van der Waals surface area contributed by atoms with E-state index in [9.17, 15) is 9.59 Å². The van der Waals surface area contributed by atoms with Crippen LogP contribution in [0.1, 0.15) is 18.2 Å². The zero-order chi connectivity index (χ0) is 19.5. The molecule has 0 saturated carbocycles. The van der Waals surface area contributed by atoms with Crippen molar-refractivity contribution in [3.05, 3.63) is 52.4 Å². The van der Waals surface area contributed by atoms with Gasteiger partial charge < -0.3 is 14.4 Å². The smallest absolute Gasteiger partial charge is 0.282 e. The van der Waals surface area contributed by atoms with Crippen molar-refractivity contribution in [3.8, 4) is 5.75 Å². The highest BCUT2D eigenvalue weighted by Gasteiger charge is 2.44. The summed E-state index contributed by atoms with van der Waals surface area (Å²) in [6.45, 7) is 4.80. The van der Waals surface area contributed by atoms with E-state index in [0.717, 1.165) is 11.3 Å². The Hall–Kier alpha value is -2.64. The number of carbonyl (C=O) groups is 2. The Kier molecular flexibility index (Phi) is 5.45. The number of nitrogens with zero attached hydrogens (tertiary/aromatic N) is 2. The van der Waals surface area contributed by atoms with Crippen LogP contribution in [0.4, 0.5) is 5.69 Å². The van der Waals surface area contributed by atoms with Gasteiger partial charge in [-0.2, -0.15) is 0 Å². The molecule has 2 aromatic rings. The molecule has 0 radical (unpaired) electrons. The lowest BCUT2D eigenvalue weighted by Gasteiger charge is -2.29. The van der Waals surface area contributed by atoms with E-state index in [2.05, 4.69) is 0 Å². The van der Waals surface area contributed by atoms with Crippen molar-refractivity contribution < 1.29 is 19.1 Å². The first kappa shape index (κ1) is 18.7. The minimum Gasteiger partial charge on any atom is -0.491 e. The molecule has 2 amide bonds. The molecule has 6 nitrogen and oxygen atoms in total. The van der Waals surface area contributed by atoms with E-state index in [4.69, 9.17) is 9.47 Å². The number of hydrogen-bond donors (Lipinski definition) is 0. The van der Waals surface area contributed by atoms with E-state index >= 15 is 0 Å². The van der Waals surface area contributed by atoms with Crippen molar-refractivity contribution in [1.82, 2.24) is 4.90 Å². The van der Waals surface area contributed by atoms with E-state index in [1.54, 1.807) is 12.1 Å². The summed E-state index contributed by atoms with van der Waals surface area (Å²) in [6.07, 6.45) is 0.841. The second-order valence-electron chi connectivity index (χ2n) is 6.56. The molecule has 0 unspecified atom stereocenters.